The second kappa shape index (κ2) is 5.55. The van der Waals surface area contributed by atoms with Gasteiger partial charge in [-0.1, -0.05) is 0 Å². The summed E-state index contributed by atoms with van der Waals surface area (Å²) >= 11 is 1.30. The summed E-state index contributed by atoms with van der Waals surface area (Å²) in [5, 5.41) is 13.5. The number of carbonyl (C=O) groups excluding carboxylic acids is 1. The molecule has 4 N–H and O–H groups in total. The van der Waals surface area contributed by atoms with E-state index in [0.29, 0.717) is 10.7 Å². The van der Waals surface area contributed by atoms with Crippen LogP contribution in [-0.4, -0.2) is 27.0 Å². The van der Waals surface area contributed by atoms with Crippen LogP contribution in [0.4, 0.5) is 5.69 Å². The highest BCUT2D eigenvalue weighted by molar-refractivity contribution is 7.09. The lowest BCUT2D eigenvalue weighted by Crippen LogP contribution is -2.13. The Morgan fingerprint density at radius 1 is 1.37 bits per heavy atom. The predicted octanol–water partition coefficient (Wildman–Crippen LogP) is 0.947. The summed E-state index contributed by atoms with van der Waals surface area (Å²) in [6, 6.07) is 2.77. The lowest BCUT2D eigenvalue weighted by molar-refractivity contribution is 0.0690. The molecule has 2 heterocycles. The van der Waals surface area contributed by atoms with Crippen LogP contribution in [0, 0.1) is 0 Å². The number of hydrogen-bond donors (Lipinski definition) is 3. The van der Waals surface area contributed by atoms with E-state index in [1.165, 1.54) is 29.7 Å². The van der Waals surface area contributed by atoms with Gasteiger partial charge in [-0.15, -0.1) is 11.3 Å². The van der Waals surface area contributed by atoms with Crippen LogP contribution < -0.4 is 11.1 Å². The van der Waals surface area contributed by atoms with Gasteiger partial charge in [-0.2, -0.15) is 0 Å². The fraction of sp³-hybridized carbons (Fsp3) is 0.0909. The Morgan fingerprint density at radius 2 is 2.16 bits per heavy atom. The van der Waals surface area contributed by atoms with Crippen LogP contribution in [0.3, 0.4) is 0 Å². The third-order valence-corrected chi connectivity index (χ3v) is 3.07. The van der Waals surface area contributed by atoms with Crippen molar-refractivity contribution in [3.63, 3.8) is 0 Å². The molecule has 2 aromatic rings. The summed E-state index contributed by atoms with van der Waals surface area (Å²) in [4.78, 5) is 30.2. The minimum absolute atomic E-state index is 0.0860. The Labute approximate surface area is 112 Å². The molecule has 2 rings (SSSR count). The predicted molar refractivity (Wildman–Crippen MR) is 69.2 cm³/mol. The van der Waals surface area contributed by atoms with Crippen molar-refractivity contribution in [2.24, 2.45) is 5.73 Å². The number of carbonyl (C=O) groups is 2. The molecule has 0 saturated carbocycles. The maximum Gasteiger partial charge on any atom is 0.354 e. The van der Waals surface area contributed by atoms with E-state index >= 15 is 0 Å². The smallest absolute Gasteiger partial charge is 0.354 e. The van der Waals surface area contributed by atoms with Crippen molar-refractivity contribution in [3.8, 4) is 0 Å². The van der Waals surface area contributed by atoms with Crippen LogP contribution in [0.5, 0.6) is 0 Å². The Kier molecular flexibility index (Phi) is 3.83. The van der Waals surface area contributed by atoms with Crippen LogP contribution in [0.1, 0.15) is 26.0 Å². The van der Waals surface area contributed by atoms with Crippen molar-refractivity contribution < 1.29 is 14.7 Å². The highest BCUT2D eigenvalue weighted by atomic mass is 32.1. The number of amides is 1. The summed E-state index contributed by atoms with van der Waals surface area (Å²) < 4.78 is 0. The van der Waals surface area contributed by atoms with Crippen molar-refractivity contribution in [3.05, 3.63) is 40.1 Å². The molecular formula is C11H10N4O3S. The van der Waals surface area contributed by atoms with Crippen LogP contribution >= 0.6 is 11.3 Å². The molecule has 8 heteroatoms. The van der Waals surface area contributed by atoms with Gasteiger partial charge >= 0.3 is 5.97 Å². The molecule has 0 bridgehead atoms. The van der Waals surface area contributed by atoms with Crippen molar-refractivity contribution in [1.29, 1.82) is 0 Å². The molecule has 98 valence electrons. The van der Waals surface area contributed by atoms with Gasteiger partial charge in [-0.25, -0.2) is 14.8 Å². The zero-order chi connectivity index (χ0) is 13.8. The quantitative estimate of drug-likeness (QED) is 0.766. The number of aromatic nitrogens is 2. The number of carboxylic acids is 1. The average molecular weight is 278 g/mol. The maximum absolute atomic E-state index is 11.8. The van der Waals surface area contributed by atoms with E-state index in [-0.39, 0.29) is 23.8 Å². The molecule has 0 aromatic carbocycles. The number of rotatable bonds is 4. The van der Waals surface area contributed by atoms with E-state index in [0.717, 1.165) is 0 Å². The molecule has 19 heavy (non-hydrogen) atoms. The SMILES string of the molecule is NCc1nc(C(=O)Nc2ccc(C(=O)O)nc2)cs1. The Balaban J connectivity index is 2.08. The summed E-state index contributed by atoms with van der Waals surface area (Å²) in [7, 11) is 0. The second-order valence-electron chi connectivity index (χ2n) is 3.52. The molecule has 1 amide bonds. The molecular weight excluding hydrogens is 268 g/mol. The monoisotopic (exact) mass is 278 g/mol. The summed E-state index contributed by atoms with van der Waals surface area (Å²) in [5.74, 6) is -1.51. The number of aromatic carboxylic acids is 1. The van der Waals surface area contributed by atoms with Crippen LogP contribution in [0.15, 0.2) is 23.7 Å². The molecule has 0 unspecified atom stereocenters. The molecule has 2 aromatic heterocycles. The average Bonchev–Trinajstić information content (AvgIpc) is 2.88. The van der Waals surface area contributed by atoms with Gasteiger partial charge < -0.3 is 16.2 Å². The van der Waals surface area contributed by atoms with Crippen LogP contribution in [-0.2, 0) is 6.54 Å². The van der Waals surface area contributed by atoms with Crippen molar-refractivity contribution in [2.75, 3.05) is 5.32 Å². The van der Waals surface area contributed by atoms with Crippen LogP contribution in [0.25, 0.3) is 0 Å². The number of hydrogen-bond acceptors (Lipinski definition) is 6. The molecule has 7 nitrogen and oxygen atoms in total. The van der Waals surface area contributed by atoms with Gasteiger partial charge in [0.1, 0.15) is 16.4 Å². The van der Waals surface area contributed by atoms with Gasteiger partial charge in [0.2, 0.25) is 0 Å². The molecule has 0 aliphatic rings. The number of nitrogens with one attached hydrogen (secondary N) is 1. The van der Waals surface area contributed by atoms with E-state index in [9.17, 15) is 9.59 Å². The summed E-state index contributed by atoms with van der Waals surface area (Å²) in [5.41, 5.74) is 6.00. The van der Waals surface area contributed by atoms with Gasteiger partial charge in [-0.3, -0.25) is 4.79 Å². The standard InChI is InChI=1S/C11H10N4O3S/c12-3-9-15-8(5-19-9)10(16)14-6-1-2-7(11(17)18)13-4-6/h1-2,4-5H,3,12H2,(H,14,16)(H,17,18). The first kappa shape index (κ1) is 13.1. The lowest BCUT2D eigenvalue weighted by atomic mass is 10.3. The van der Waals surface area contributed by atoms with Gasteiger partial charge in [0.05, 0.1) is 11.9 Å². The molecule has 0 spiro atoms. The lowest BCUT2D eigenvalue weighted by Gasteiger charge is -2.02. The zero-order valence-electron chi connectivity index (χ0n) is 9.66. The van der Waals surface area contributed by atoms with Gasteiger partial charge in [0.25, 0.3) is 5.91 Å². The molecule has 0 radical (unpaired) electrons. The first-order valence-electron chi connectivity index (χ1n) is 5.25. The first-order chi connectivity index (χ1) is 9.10. The molecule has 0 fully saturated rings. The third kappa shape index (κ3) is 3.12. The summed E-state index contributed by atoms with van der Waals surface area (Å²) in [6.07, 6.45) is 1.28. The van der Waals surface area contributed by atoms with Gasteiger partial charge in [-0.05, 0) is 12.1 Å². The Morgan fingerprint density at radius 3 is 2.68 bits per heavy atom. The number of carboxylic acid groups (broad SMARTS) is 1. The largest absolute Gasteiger partial charge is 0.477 e. The minimum atomic E-state index is -1.12. The second-order valence-corrected chi connectivity index (χ2v) is 4.46. The van der Waals surface area contributed by atoms with E-state index in [2.05, 4.69) is 15.3 Å². The van der Waals surface area contributed by atoms with Crippen LogP contribution in [0.2, 0.25) is 0 Å². The van der Waals surface area contributed by atoms with E-state index in [1.807, 2.05) is 0 Å². The van der Waals surface area contributed by atoms with Gasteiger partial charge in [0.15, 0.2) is 0 Å². The van der Waals surface area contributed by atoms with Crippen molar-refractivity contribution in [2.45, 2.75) is 6.54 Å². The normalized spacial score (nSPS) is 10.2. The molecule has 0 aliphatic heterocycles. The van der Waals surface area contributed by atoms with E-state index < -0.39 is 5.97 Å². The highest BCUT2D eigenvalue weighted by Gasteiger charge is 2.11. The van der Waals surface area contributed by atoms with Crippen molar-refractivity contribution in [1.82, 2.24) is 9.97 Å². The summed E-state index contributed by atoms with van der Waals surface area (Å²) in [6.45, 7) is 0.285. The number of thiazole rings is 1. The third-order valence-electron chi connectivity index (χ3n) is 2.20. The molecule has 0 aliphatic carbocycles. The fourth-order valence-corrected chi connectivity index (χ4v) is 1.95. The van der Waals surface area contributed by atoms with Gasteiger partial charge in [0, 0.05) is 11.9 Å². The Hall–Kier alpha value is -2.32. The Bertz CT molecular complexity index is 609. The van der Waals surface area contributed by atoms with E-state index in [1.54, 1.807) is 5.38 Å². The number of anilines is 1. The number of pyridine rings is 1. The number of nitrogens with zero attached hydrogens (tertiary/aromatic N) is 2. The highest BCUT2D eigenvalue weighted by Crippen LogP contribution is 2.12. The first-order valence-corrected chi connectivity index (χ1v) is 6.13. The fourth-order valence-electron chi connectivity index (χ4n) is 1.30. The van der Waals surface area contributed by atoms with E-state index in [4.69, 9.17) is 10.8 Å². The number of nitrogens with two attached hydrogens (primary N) is 1. The van der Waals surface area contributed by atoms with Crippen molar-refractivity contribution >= 4 is 28.9 Å². The maximum atomic E-state index is 11.8. The molecule has 0 saturated heterocycles. The zero-order valence-corrected chi connectivity index (χ0v) is 10.5. The minimum Gasteiger partial charge on any atom is -0.477 e. The molecule has 0 atom stereocenters. The topological polar surface area (TPSA) is 118 Å².